The van der Waals surface area contributed by atoms with Gasteiger partial charge in [0.15, 0.2) is 0 Å². The maximum atomic E-state index is 5.71. The number of benzene rings is 1. The van der Waals surface area contributed by atoms with E-state index in [2.05, 4.69) is 37.4 Å². The summed E-state index contributed by atoms with van der Waals surface area (Å²) >= 11 is 0. The first-order valence-corrected chi connectivity index (χ1v) is 8.24. The lowest BCUT2D eigenvalue weighted by Crippen LogP contribution is -2.21. The van der Waals surface area contributed by atoms with Gasteiger partial charge in [-0.25, -0.2) is 0 Å². The van der Waals surface area contributed by atoms with Crippen LogP contribution in [0.4, 0.5) is 0 Å². The number of rotatable bonds is 8. The third-order valence-electron chi connectivity index (χ3n) is 4.33. The highest BCUT2D eigenvalue weighted by Crippen LogP contribution is 2.27. The second kappa shape index (κ2) is 8.40. The highest BCUT2D eigenvalue weighted by Gasteiger charge is 2.17. The van der Waals surface area contributed by atoms with Crippen LogP contribution in [0.1, 0.15) is 56.2 Å². The van der Waals surface area contributed by atoms with Crippen LogP contribution in [0.3, 0.4) is 0 Å². The number of methoxy groups -OCH3 is 1. The minimum absolute atomic E-state index is 0.408. The maximum absolute atomic E-state index is 5.71. The quantitative estimate of drug-likeness (QED) is 0.785. The van der Waals surface area contributed by atoms with Crippen LogP contribution in [0, 0.1) is 6.92 Å². The van der Waals surface area contributed by atoms with Gasteiger partial charge in [0.2, 0.25) is 0 Å². The zero-order chi connectivity index (χ0) is 15.1. The van der Waals surface area contributed by atoms with Gasteiger partial charge in [-0.1, -0.05) is 19.1 Å². The van der Waals surface area contributed by atoms with Gasteiger partial charge >= 0.3 is 0 Å². The number of hydrogen-bond acceptors (Lipinski definition) is 3. The predicted molar refractivity (Wildman–Crippen MR) is 87.0 cm³/mol. The van der Waals surface area contributed by atoms with Gasteiger partial charge in [-0.3, -0.25) is 0 Å². The van der Waals surface area contributed by atoms with E-state index in [0.717, 1.165) is 25.3 Å². The summed E-state index contributed by atoms with van der Waals surface area (Å²) in [6.07, 6.45) is 6.52. The van der Waals surface area contributed by atoms with Crippen molar-refractivity contribution in [3.8, 4) is 5.75 Å². The molecule has 0 spiro atoms. The molecule has 1 aromatic rings. The lowest BCUT2D eigenvalue weighted by molar-refractivity contribution is 0.101. The summed E-state index contributed by atoms with van der Waals surface area (Å²) in [5, 5.41) is 3.60. The largest absolute Gasteiger partial charge is 0.496 e. The standard InChI is InChI=1S/C18H29NO2/c1-4-19-17(9-5-7-16-8-6-12-21-16)15-11-10-14(2)18(13-15)20-3/h10-11,13,16-17,19H,4-9,12H2,1-3H3. The summed E-state index contributed by atoms with van der Waals surface area (Å²) < 4.78 is 11.2. The SMILES string of the molecule is CCNC(CCCC1CCCO1)c1ccc(C)c(OC)c1. The fourth-order valence-electron chi connectivity index (χ4n) is 3.11. The molecule has 1 saturated heterocycles. The topological polar surface area (TPSA) is 30.5 Å². The summed E-state index contributed by atoms with van der Waals surface area (Å²) in [6.45, 7) is 6.19. The van der Waals surface area contributed by atoms with Crippen molar-refractivity contribution in [3.63, 3.8) is 0 Å². The number of aryl methyl sites for hydroxylation is 1. The van der Waals surface area contributed by atoms with Gasteiger partial charge in [-0.2, -0.15) is 0 Å². The van der Waals surface area contributed by atoms with Crippen molar-refractivity contribution in [1.82, 2.24) is 5.32 Å². The van der Waals surface area contributed by atoms with Gasteiger partial charge in [0.05, 0.1) is 13.2 Å². The molecule has 1 N–H and O–H groups in total. The second-order valence-electron chi connectivity index (χ2n) is 5.91. The fraction of sp³-hybridized carbons (Fsp3) is 0.667. The minimum atomic E-state index is 0.408. The first-order valence-electron chi connectivity index (χ1n) is 8.24. The Hall–Kier alpha value is -1.06. The van der Waals surface area contributed by atoms with Crippen molar-refractivity contribution >= 4 is 0 Å². The average molecular weight is 291 g/mol. The molecule has 2 unspecified atom stereocenters. The molecule has 0 radical (unpaired) electrons. The number of hydrogen-bond donors (Lipinski definition) is 1. The fourth-order valence-corrected chi connectivity index (χ4v) is 3.11. The first-order chi connectivity index (χ1) is 10.2. The van der Waals surface area contributed by atoms with Gasteiger partial charge in [0.25, 0.3) is 0 Å². The average Bonchev–Trinajstić information content (AvgIpc) is 3.00. The molecular weight excluding hydrogens is 262 g/mol. The molecular formula is C18H29NO2. The zero-order valence-electron chi connectivity index (χ0n) is 13.7. The van der Waals surface area contributed by atoms with E-state index in [0.29, 0.717) is 12.1 Å². The molecule has 3 heteroatoms. The Morgan fingerprint density at radius 2 is 2.29 bits per heavy atom. The van der Waals surface area contributed by atoms with E-state index in [9.17, 15) is 0 Å². The Kier molecular flexibility index (Phi) is 6.52. The monoisotopic (exact) mass is 291 g/mol. The molecule has 118 valence electrons. The van der Waals surface area contributed by atoms with E-state index in [1.54, 1.807) is 7.11 Å². The third kappa shape index (κ3) is 4.72. The molecule has 21 heavy (non-hydrogen) atoms. The van der Waals surface area contributed by atoms with E-state index >= 15 is 0 Å². The van der Waals surface area contributed by atoms with Crippen molar-refractivity contribution in [2.45, 2.75) is 58.1 Å². The first kappa shape index (κ1) is 16.3. The molecule has 1 aliphatic rings. The van der Waals surface area contributed by atoms with Gasteiger partial charge in [0, 0.05) is 12.6 Å². The molecule has 1 fully saturated rings. The highest BCUT2D eigenvalue weighted by molar-refractivity contribution is 5.37. The van der Waals surface area contributed by atoms with Crippen LogP contribution in [0.15, 0.2) is 18.2 Å². The highest BCUT2D eigenvalue weighted by atomic mass is 16.5. The van der Waals surface area contributed by atoms with Crippen molar-refractivity contribution in [3.05, 3.63) is 29.3 Å². The Bertz CT molecular complexity index is 427. The molecule has 3 nitrogen and oxygen atoms in total. The van der Waals surface area contributed by atoms with Crippen LogP contribution < -0.4 is 10.1 Å². The lowest BCUT2D eigenvalue weighted by atomic mass is 9.98. The molecule has 0 aromatic heterocycles. The van der Waals surface area contributed by atoms with Crippen LogP contribution in [0.2, 0.25) is 0 Å². The van der Waals surface area contributed by atoms with Crippen molar-refractivity contribution < 1.29 is 9.47 Å². The normalized spacial score (nSPS) is 19.7. The molecule has 1 aliphatic heterocycles. The summed E-state index contributed by atoms with van der Waals surface area (Å²) in [5.74, 6) is 0.981. The Labute approximate surface area is 129 Å². The molecule has 0 bridgehead atoms. The van der Waals surface area contributed by atoms with E-state index in [1.807, 2.05) is 0 Å². The van der Waals surface area contributed by atoms with Gasteiger partial charge in [-0.05, 0) is 62.8 Å². The van der Waals surface area contributed by atoms with Crippen molar-refractivity contribution in [2.75, 3.05) is 20.3 Å². The van der Waals surface area contributed by atoms with Crippen LogP contribution in [0.25, 0.3) is 0 Å². The van der Waals surface area contributed by atoms with E-state index in [4.69, 9.17) is 9.47 Å². The summed E-state index contributed by atoms with van der Waals surface area (Å²) in [7, 11) is 1.74. The van der Waals surface area contributed by atoms with Crippen LogP contribution >= 0.6 is 0 Å². The van der Waals surface area contributed by atoms with Crippen molar-refractivity contribution in [2.24, 2.45) is 0 Å². The molecule has 1 heterocycles. The summed E-state index contributed by atoms with van der Waals surface area (Å²) in [5.41, 5.74) is 2.52. The Balaban J connectivity index is 1.93. The molecule has 2 rings (SSSR count). The number of ether oxygens (including phenoxy) is 2. The molecule has 1 aromatic carbocycles. The van der Waals surface area contributed by atoms with E-state index in [-0.39, 0.29) is 0 Å². The Morgan fingerprint density at radius 3 is 2.95 bits per heavy atom. The smallest absolute Gasteiger partial charge is 0.122 e. The maximum Gasteiger partial charge on any atom is 0.122 e. The minimum Gasteiger partial charge on any atom is -0.496 e. The predicted octanol–water partition coefficient (Wildman–Crippen LogP) is 4.00. The van der Waals surface area contributed by atoms with Crippen LogP contribution in [-0.4, -0.2) is 26.4 Å². The molecule has 0 saturated carbocycles. The van der Waals surface area contributed by atoms with E-state index < -0.39 is 0 Å². The molecule has 0 aliphatic carbocycles. The third-order valence-corrected chi connectivity index (χ3v) is 4.33. The summed E-state index contributed by atoms with van der Waals surface area (Å²) in [6, 6.07) is 6.95. The van der Waals surface area contributed by atoms with Crippen molar-refractivity contribution in [1.29, 1.82) is 0 Å². The number of nitrogens with one attached hydrogen (secondary N) is 1. The summed E-state index contributed by atoms with van der Waals surface area (Å²) in [4.78, 5) is 0. The second-order valence-corrected chi connectivity index (χ2v) is 5.91. The van der Waals surface area contributed by atoms with Crippen LogP contribution in [-0.2, 0) is 4.74 Å². The van der Waals surface area contributed by atoms with Gasteiger partial charge < -0.3 is 14.8 Å². The van der Waals surface area contributed by atoms with Gasteiger partial charge in [-0.15, -0.1) is 0 Å². The zero-order valence-corrected chi connectivity index (χ0v) is 13.7. The van der Waals surface area contributed by atoms with E-state index in [1.165, 1.54) is 36.8 Å². The van der Waals surface area contributed by atoms with Crippen LogP contribution in [0.5, 0.6) is 5.75 Å². The Morgan fingerprint density at radius 1 is 1.43 bits per heavy atom. The van der Waals surface area contributed by atoms with Gasteiger partial charge in [0.1, 0.15) is 5.75 Å². The lowest BCUT2D eigenvalue weighted by Gasteiger charge is -2.20. The molecule has 2 atom stereocenters. The molecule has 0 amide bonds.